The molecule has 0 fully saturated rings. The van der Waals surface area contributed by atoms with Gasteiger partial charge in [0.2, 0.25) is 0 Å². The molecule has 2 amide bonds. The van der Waals surface area contributed by atoms with Gasteiger partial charge in [-0.3, -0.25) is 14.4 Å². The van der Waals surface area contributed by atoms with Crippen LogP contribution in [0.15, 0.2) is 76.0 Å². The Hall–Kier alpha value is -4.85. The van der Waals surface area contributed by atoms with E-state index >= 15 is 0 Å². The van der Waals surface area contributed by atoms with Crippen molar-refractivity contribution in [3.05, 3.63) is 99.7 Å². The number of nitrogens with zero attached hydrogens (tertiary/aromatic N) is 2. The molecule has 8 heteroatoms. The lowest BCUT2D eigenvalue weighted by atomic mass is 9.99. The van der Waals surface area contributed by atoms with E-state index in [4.69, 9.17) is 4.52 Å². The van der Waals surface area contributed by atoms with E-state index in [0.717, 1.165) is 33.3 Å². The quantitative estimate of drug-likeness (QED) is 0.348. The maximum absolute atomic E-state index is 13.5. The van der Waals surface area contributed by atoms with Crippen LogP contribution in [0.3, 0.4) is 0 Å². The van der Waals surface area contributed by atoms with Crippen LogP contribution in [0.1, 0.15) is 32.2 Å². The molecule has 38 heavy (non-hydrogen) atoms. The Morgan fingerprint density at radius 2 is 1.53 bits per heavy atom. The second kappa shape index (κ2) is 9.55. The van der Waals surface area contributed by atoms with Gasteiger partial charge in [-0.1, -0.05) is 36.4 Å². The largest absolute Gasteiger partial charge is 0.381 e. The lowest BCUT2D eigenvalue weighted by molar-refractivity contribution is 0.0961. The number of fused-ring (bicyclic) bond motifs is 1. The highest BCUT2D eigenvalue weighted by Crippen LogP contribution is 2.32. The number of hydrogen-bond donors (Lipinski definition) is 2. The van der Waals surface area contributed by atoms with E-state index in [1.807, 2.05) is 61.0 Å². The van der Waals surface area contributed by atoms with E-state index in [9.17, 15) is 14.4 Å². The summed E-state index contributed by atoms with van der Waals surface area (Å²) in [6, 6.07) is 20.6. The van der Waals surface area contributed by atoms with Crippen LogP contribution < -0.4 is 16.2 Å². The number of anilines is 1. The number of aryl methyl sites for hydroxylation is 3. The number of nitrogens with one attached hydrogen (secondary N) is 2. The van der Waals surface area contributed by atoms with Crippen molar-refractivity contribution < 1.29 is 14.1 Å². The number of benzene rings is 3. The van der Waals surface area contributed by atoms with Crippen LogP contribution in [0.5, 0.6) is 0 Å². The molecule has 192 valence electrons. The van der Waals surface area contributed by atoms with Crippen molar-refractivity contribution in [2.45, 2.75) is 13.8 Å². The number of carbonyl (C=O) groups excluding carboxylic acids is 2. The van der Waals surface area contributed by atoms with Gasteiger partial charge in [-0.2, -0.15) is 4.74 Å². The highest BCUT2D eigenvalue weighted by molar-refractivity contribution is 6.15. The summed E-state index contributed by atoms with van der Waals surface area (Å²) in [5.74, 6) is 0.102. The zero-order valence-corrected chi connectivity index (χ0v) is 21.9. The van der Waals surface area contributed by atoms with Crippen LogP contribution in [-0.2, 0) is 14.1 Å². The van der Waals surface area contributed by atoms with E-state index in [-0.39, 0.29) is 17.4 Å². The zero-order chi connectivity index (χ0) is 27.1. The molecule has 3 aromatic carbocycles. The molecule has 5 rings (SSSR count). The molecule has 0 unspecified atom stereocenters. The second-order valence-corrected chi connectivity index (χ2v) is 9.27. The molecule has 2 heterocycles. The van der Waals surface area contributed by atoms with Crippen LogP contribution in [0, 0.1) is 13.8 Å². The molecular weight excluding hydrogens is 480 g/mol. The average molecular weight is 509 g/mol. The van der Waals surface area contributed by atoms with Crippen molar-refractivity contribution in [3.63, 3.8) is 0 Å². The number of hydrogen-bond acceptors (Lipinski definition) is 4. The molecule has 0 aliphatic heterocycles. The van der Waals surface area contributed by atoms with Crippen LogP contribution in [0.2, 0.25) is 0 Å². The predicted molar refractivity (Wildman–Crippen MR) is 149 cm³/mol. The van der Waals surface area contributed by atoms with E-state index in [1.165, 1.54) is 4.74 Å². The summed E-state index contributed by atoms with van der Waals surface area (Å²) < 4.78 is 8.65. The molecule has 0 atom stereocenters. The maximum atomic E-state index is 13.5. The molecule has 2 N–H and O–H groups in total. The first-order valence-electron chi connectivity index (χ1n) is 12.2. The Morgan fingerprint density at radius 1 is 0.842 bits per heavy atom. The summed E-state index contributed by atoms with van der Waals surface area (Å²) in [6.07, 6.45) is 0. The lowest BCUT2D eigenvalue weighted by Crippen LogP contribution is -2.18. The molecule has 0 spiro atoms. The van der Waals surface area contributed by atoms with Crippen LogP contribution in [0.4, 0.5) is 5.69 Å². The number of aromatic nitrogens is 2. The van der Waals surface area contributed by atoms with E-state index in [0.29, 0.717) is 28.1 Å². The van der Waals surface area contributed by atoms with Crippen LogP contribution >= 0.6 is 0 Å². The van der Waals surface area contributed by atoms with Crippen molar-refractivity contribution in [1.29, 1.82) is 0 Å². The summed E-state index contributed by atoms with van der Waals surface area (Å²) in [6.45, 7) is 3.69. The molecule has 0 aliphatic carbocycles. The van der Waals surface area contributed by atoms with E-state index in [1.54, 1.807) is 45.3 Å². The molecular formula is C30H28N4O4. The first kappa shape index (κ1) is 24.8. The summed E-state index contributed by atoms with van der Waals surface area (Å²) in [5, 5.41) is 6.37. The molecule has 8 nitrogen and oxygen atoms in total. The van der Waals surface area contributed by atoms with Gasteiger partial charge in [0.05, 0.1) is 11.1 Å². The Kier molecular flexibility index (Phi) is 6.24. The number of rotatable bonds is 5. The molecule has 0 saturated heterocycles. The third-order valence-corrected chi connectivity index (χ3v) is 6.96. The van der Waals surface area contributed by atoms with Gasteiger partial charge in [0, 0.05) is 49.0 Å². The summed E-state index contributed by atoms with van der Waals surface area (Å²) in [7, 11) is 5.09. The Balaban J connectivity index is 1.51. The number of carbonyl (C=O) groups is 2. The predicted octanol–water partition coefficient (Wildman–Crippen LogP) is 5.03. The smallest absolute Gasteiger partial charge is 0.290 e. The topological polar surface area (TPSA) is 98.3 Å². The first-order valence-corrected chi connectivity index (χ1v) is 12.2. The lowest BCUT2D eigenvalue weighted by Gasteiger charge is -2.08. The van der Waals surface area contributed by atoms with Gasteiger partial charge in [-0.05, 0) is 60.9 Å². The van der Waals surface area contributed by atoms with Gasteiger partial charge in [-0.15, -0.1) is 0 Å². The van der Waals surface area contributed by atoms with Gasteiger partial charge in [0.25, 0.3) is 17.4 Å². The first-order chi connectivity index (χ1) is 18.2. The van der Waals surface area contributed by atoms with Gasteiger partial charge in [0.1, 0.15) is 5.76 Å². The third-order valence-electron chi connectivity index (χ3n) is 6.96. The minimum absolute atomic E-state index is 0.173. The number of amides is 2. The maximum Gasteiger partial charge on any atom is 0.290 e. The minimum Gasteiger partial charge on any atom is -0.381 e. The van der Waals surface area contributed by atoms with E-state index < -0.39 is 0 Å². The second-order valence-electron chi connectivity index (χ2n) is 9.27. The monoisotopic (exact) mass is 508 g/mol. The van der Waals surface area contributed by atoms with Gasteiger partial charge in [0.15, 0.2) is 0 Å². The molecule has 0 bridgehead atoms. The van der Waals surface area contributed by atoms with Crippen molar-refractivity contribution in [3.8, 4) is 22.3 Å². The molecule has 5 aromatic rings. The van der Waals surface area contributed by atoms with Crippen molar-refractivity contribution in [2.75, 3.05) is 12.4 Å². The van der Waals surface area contributed by atoms with Crippen molar-refractivity contribution >= 4 is 28.4 Å². The van der Waals surface area contributed by atoms with Crippen molar-refractivity contribution in [1.82, 2.24) is 14.6 Å². The van der Waals surface area contributed by atoms with E-state index in [2.05, 4.69) is 10.6 Å². The molecule has 0 radical (unpaired) electrons. The van der Waals surface area contributed by atoms with Crippen molar-refractivity contribution in [2.24, 2.45) is 14.1 Å². The SMILES string of the molecule is CNC(=O)c1cccc(NC(=O)c2c(C)n(C)c3ccc(-c4ccc(-c5c(C)on(C)c5=O)cc4)cc23)c1. The third kappa shape index (κ3) is 4.20. The molecule has 2 aromatic heterocycles. The fraction of sp³-hybridized carbons (Fsp3) is 0.167. The Labute approximate surface area is 219 Å². The summed E-state index contributed by atoms with van der Waals surface area (Å²) in [5.41, 5.74) is 6.42. The average Bonchev–Trinajstić information content (AvgIpc) is 3.33. The normalized spacial score (nSPS) is 11.1. The van der Waals surface area contributed by atoms with Crippen LogP contribution in [0.25, 0.3) is 33.2 Å². The Morgan fingerprint density at radius 3 is 2.18 bits per heavy atom. The molecule has 0 aliphatic rings. The van der Waals surface area contributed by atoms with Gasteiger partial charge >= 0.3 is 0 Å². The summed E-state index contributed by atoms with van der Waals surface area (Å²) >= 11 is 0. The highest BCUT2D eigenvalue weighted by atomic mass is 16.5. The minimum atomic E-state index is -0.249. The highest BCUT2D eigenvalue weighted by Gasteiger charge is 2.20. The van der Waals surface area contributed by atoms with Gasteiger partial charge < -0.3 is 19.7 Å². The zero-order valence-electron chi connectivity index (χ0n) is 21.9. The summed E-state index contributed by atoms with van der Waals surface area (Å²) in [4.78, 5) is 37.9. The fourth-order valence-corrected chi connectivity index (χ4v) is 4.87. The fourth-order valence-electron chi connectivity index (χ4n) is 4.87. The van der Waals surface area contributed by atoms with Crippen LogP contribution in [-0.4, -0.2) is 28.2 Å². The standard InChI is InChI=1S/C30H28N4O4/c1-17-26(29(36)32-23-8-6-7-22(15-23)28(35)31-3)24-16-21(13-14-25(24)33(17)4)19-9-11-20(12-10-19)27-18(2)38-34(5)30(27)37/h6-16H,1-5H3,(H,31,35)(H,32,36). The Bertz CT molecular complexity index is 1770. The van der Waals surface area contributed by atoms with Gasteiger partial charge in [-0.25, -0.2) is 0 Å². The molecule has 0 saturated carbocycles.